The van der Waals surface area contributed by atoms with Gasteiger partial charge in [-0.3, -0.25) is 0 Å². The molecule has 7 nitrogen and oxygen atoms in total. The fourth-order valence-corrected chi connectivity index (χ4v) is 3.67. The van der Waals surface area contributed by atoms with Crippen molar-refractivity contribution in [1.29, 1.82) is 0 Å². The zero-order valence-corrected chi connectivity index (χ0v) is 18.5. The van der Waals surface area contributed by atoms with E-state index in [0.717, 1.165) is 0 Å². The molecule has 4 rings (SSSR count). The van der Waals surface area contributed by atoms with E-state index in [2.05, 4.69) is 0 Å². The Morgan fingerprint density at radius 2 is 1.06 bits per heavy atom. The highest BCUT2D eigenvalue weighted by Gasteiger charge is 2.43. The molecule has 1 aliphatic heterocycles. The monoisotopic (exact) mass is 460 g/mol. The minimum Gasteiger partial charge on any atom is -0.454 e. The van der Waals surface area contributed by atoms with Crippen LogP contribution >= 0.6 is 0 Å². The molecule has 0 aliphatic carbocycles. The van der Waals surface area contributed by atoms with Crippen LogP contribution in [-0.4, -0.2) is 42.5 Å². The lowest BCUT2D eigenvalue weighted by molar-refractivity contribution is -0.226. The highest BCUT2D eigenvalue weighted by molar-refractivity contribution is 5.90. The molecule has 0 radical (unpaired) electrons. The van der Waals surface area contributed by atoms with Crippen molar-refractivity contribution in [2.45, 2.75) is 37.9 Å². The van der Waals surface area contributed by atoms with Crippen molar-refractivity contribution in [2.75, 3.05) is 0 Å². The molecule has 3 aromatic carbocycles. The summed E-state index contributed by atoms with van der Waals surface area (Å²) in [4.78, 5) is 38.0. The van der Waals surface area contributed by atoms with Crippen molar-refractivity contribution in [2.24, 2.45) is 0 Å². The van der Waals surface area contributed by atoms with Crippen molar-refractivity contribution in [1.82, 2.24) is 0 Å². The van der Waals surface area contributed by atoms with Gasteiger partial charge in [-0.1, -0.05) is 54.6 Å². The number of hydrogen-bond donors (Lipinski definition) is 0. The average molecular weight is 460 g/mol. The Labute approximate surface area is 197 Å². The predicted octanol–water partition coefficient (Wildman–Crippen LogP) is 4.43. The quantitative estimate of drug-likeness (QED) is 0.397. The first-order chi connectivity index (χ1) is 16.5. The van der Waals surface area contributed by atoms with E-state index in [0.29, 0.717) is 16.7 Å². The Morgan fingerprint density at radius 3 is 1.53 bits per heavy atom. The van der Waals surface area contributed by atoms with Crippen LogP contribution in [0.15, 0.2) is 91.0 Å². The number of ether oxygens (including phenoxy) is 4. The standard InChI is InChI=1S/C27H24O7/c1-18-24(34-27(30)21-15-9-4-10-16-21)22(32-25(28)19-11-5-2-6-12-19)17-23(31-18)33-26(29)20-13-7-3-8-14-20/h2-16,18,22-24H,17H2,1H3/t18-,22-,23+,24-/m0/s1. The third kappa shape index (κ3) is 5.68. The van der Waals surface area contributed by atoms with Gasteiger partial charge in [-0.05, 0) is 43.3 Å². The van der Waals surface area contributed by atoms with Gasteiger partial charge in [-0.25, -0.2) is 14.4 Å². The summed E-state index contributed by atoms with van der Waals surface area (Å²) in [6.07, 6.45) is -3.47. The summed E-state index contributed by atoms with van der Waals surface area (Å²) < 4.78 is 22.8. The summed E-state index contributed by atoms with van der Waals surface area (Å²) in [5.41, 5.74) is 1.09. The molecule has 0 aromatic heterocycles. The van der Waals surface area contributed by atoms with Crippen molar-refractivity contribution >= 4 is 17.9 Å². The first-order valence-electron chi connectivity index (χ1n) is 10.9. The van der Waals surface area contributed by atoms with E-state index < -0.39 is 42.5 Å². The third-order valence-corrected chi connectivity index (χ3v) is 5.39. The Bertz CT molecular complexity index is 1120. The molecule has 7 heteroatoms. The van der Waals surface area contributed by atoms with Crippen molar-refractivity contribution in [3.05, 3.63) is 108 Å². The van der Waals surface area contributed by atoms with Crippen molar-refractivity contribution < 1.29 is 33.3 Å². The third-order valence-electron chi connectivity index (χ3n) is 5.39. The lowest BCUT2D eigenvalue weighted by Gasteiger charge is -2.38. The first kappa shape index (κ1) is 23.2. The van der Waals surface area contributed by atoms with Crippen LogP contribution in [0.1, 0.15) is 44.4 Å². The molecule has 0 unspecified atom stereocenters. The maximum absolute atomic E-state index is 12.8. The molecular weight excluding hydrogens is 436 g/mol. The topological polar surface area (TPSA) is 88.1 Å². The second kappa shape index (κ2) is 10.8. The molecule has 1 fully saturated rings. The van der Waals surface area contributed by atoms with Crippen LogP contribution in [0.4, 0.5) is 0 Å². The van der Waals surface area contributed by atoms with Gasteiger partial charge in [-0.2, -0.15) is 0 Å². The highest BCUT2D eigenvalue weighted by Crippen LogP contribution is 2.28. The minimum absolute atomic E-state index is 0.00816. The maximum Gasteiger partial charge on any atom is 0.340 e. The van der Waals surface area contributed by atoms with Gasteiger partial charge in [0.25, 0.3) is 0 Å². The Hall–Kier alpha value is -3.97. The molecule has 34 heavy (non-hydrogen) atoms. The summed E-state index contributed by atoms with van der Waals surface area (Å²) in [6.45, 7) is 1.68. The van der Waals surface area contributed by atoms with Gasteiger partial charge in [0.15, 0.2) is 6.10 Å². The van der Waals surface area contributed by atoms with E-state index in [1.807, 2.05) is 0 Å². The largest absolute Gasteiger partial charge is 0.454 e. The van der Waals surface area contributed by atoms with Crippen molar-refractivity contribution in [3.8, 4) is 0 Å². The molecule has 3 aromatic rings. The molecular formula is C27H24O7. The summed E-state index contributed by atoms with van der Waals surface area (Å²) in [7, 11) is 0. The highest BCUT2D eigenvalue weighted by atomic mass is 16.7. The lowest BCUT2D eigenvalue weighted by Crippen LogP contribution is -2.51. The molecule has 4 atom stereocenters. The smallest absolute Gasteiger partial charge is 0.340 e. The van der Waals surface area contributed by atoms with Crippen LogP contribution in [0, 0.1) is 0 Å². The molecule has 0 spiro atoms. The van der Waals surface area contributed by atoms with Gasteiger partial charge in [0, 0.05) is 0 Å². The SMILES string of the molecule is C[C@@H]1O[C@H](OC(=O)c2ccccc2)C[C@H](OC(=O)c2ccccc2)[C@H]1OC(=O)c1ccccc1. The van der Waals surface area contributed by atoms with Crippen LogP contribution in [0.5, 0.6) is 0 Å². The molecule has 0 bridgehead atoms. The number of esters is 3. The van der Waals surface area contributed by atoms with E-state index in [4.69, 9.17) is 18.9 Å². The van der Waals surface area contributed by atoms with Crippen LogP contribution < -0.4 is 0 Å². The minimum atomic E-state index is -0.983. The van der Waals surface area contributed by atoms with Gasteiger partial charge in [-0.15, -0.1) is 0 Å². The van der Waals surface area contributed by atoms with Gasteiger partial charge in [0.1, 0.15) is 6.10 Å². The molecule has 0 N–H and O–H groups in total. The number of hydrogen-bond acceptors (Lipinski definition) is 7. The van der Waals surface area contributed by atoms with Crippen molar-refractivity contribution in [3.63, 3.8) is 0 Å². The Morgan fingerprint density at radius 1 is 0.647 bits per heavy atom. The van der Waals surface area contributed by atoms with Crippen LogP contribution in [0.3, 0.4) is 0 Å². The second-order valence-electron chi connectivity index (χ2n) is 7.82. The molecule has 1 saturated heterocycles. The zero-order chi connectivity index (χ0) is 23.9. The predicted molar refractivity (Wildman–Crippen MR) is 122 cm³/mol. The fraction of sp³-hybridized carbons (Fsp3) is 0.222. The summed E-state index contributed by atoms with van der Waals surface area (Å²) in [5, 5.41) is 0. The number of benzene rings is 3. The second-order valence-corrected chi connectivity index (χ2v) is 7.82. The normalized spacial score (nSPS) is 21.8. The average Bonchev–Trinajstić information content (AvgIpc) is 2.87. The Balaban J connectivity index is 1.51. The Kier molecular flexibility index (Phi) is 7.34. The summed E-state index contributed by atoms with van der Waals surface area (Å²) >= 11 is 0. The molecule has 1 heterocycles. The van der Waals surface area contributed by atoms with E-state index >= 15 is 0 Å². The number of carbonyl (C=O) groups excluding carboxylic acids is 3. The van der Waals surface area contributed by atoms with E-state index in [1.54, 1.807) is 97.9 Å². The van der Waals surface area contributed by atoms with Gasteiger partial charge in [0.05, 0.1) is 29.2 Å². The maximum atomic E-state index is 12.8. The van der Waals surface area contributed by atoms with Crippen LogP contribution in [-0.2, 0) is 18.9 Å². The molecule has 174 valence electrons. The zero-order valence-electron chi connectivity index (χ0n) is 18.5. The summed E-state index contributed by atoms with van der Waals surface area (Å²) in [5.74, 6) is -1.71. The fourth-order valence-electron chi connectivity index (χ4n) is 3.67. The summed E-state index contributed by atoms with van der Waals surface area (Å²) in [6, 6.07) is 25.5. The van der Waals surface area contributed by atoms with Gasteiger partial charge >= 0.3 is 17.9 Å². The molecule has 1 aliphatic rings. The van der Waals surface area contributed by atoms with Gasteiger partial charge in [0.2, 0.25) is 6.29 Å². The first-order valence-corrected chi connectivity index (χ1v) is 10.9. The number of rotatable bonds is 6. The van der Waals surface area contributed by atoms with E-state index in [-0.39, 0.29) is 6.42 Å². The lowest BCUT2D eigenvalue weighted by atomic mass is 10.0. The van der Waals surface area contributed by atoms with E-state index in [1.165, 1.54) is 0 Å². The molecule has 0 saturated carbocycles. The van der Waals surface area contributed by atoms with Crippen LogP contribution in [0.25, 0.3) is 0 Å². The van der Waals surface area contributed by atoms with Gasteiger partial charge < -0.3 is 18.9 Å². The molecule has 0 amide bonds. The van der Waals surface area contributed by atoms with E-state index in [9.17, 15) is 14.4 Å². The van der Waals surface area contributed by atoms with Crippen LogP contribution in [0.2, 0.25) is 0 Å². The number of carbonyl (C=O) groups is 3.